The summed E-state index contributed by atoms with van der Waals surface area (Å²) in [6, 6.07) is 22.3. The monoisotopic (exact) mass is 488 g/mol. The van der Waals surface area contributed by atoms with Crippen molar-refractivity contribution in [1.29, 1.82) is 5.41 Å². The van der Waals surface area contributed by atoms with Gasteiger partial charge in [0, 0.05) is 23.5 Å². The number of rotatable bonds is 11. The minimum atomic E-state index is -0.471. The molecule has 8 heteroatoms. The summed E-state index contributed by atoms with van der Waals surface area (Å²) >= 11 is 0. The zero-order valence-corrected chi connectivity index (χ0v) is 20.8. The molecular formula is C28H32N4O4. The molecule has 0 fully saturated rings. The molecular weight excluding hydrogens is 456 g/mol. The van der Waals surface area contributed by atoms with E-state index in [0.717, 1.165) is 16.9 Å². The number of hydrogen-bond donors (Lipinski definition) is 3. The van der Waals surface area contributed by atoms with Crippen LogP contribution >= 0.6 is 0 Å². The Morgan fingerprint density at radius 1 is 1.03 bits per heavy atom. The smallest absolute Gasteiger partial charge is 0.343 e. The molecule has 0 saturated heterocycles. The molecule has 0 aromatic heterocycles. The van der Waals surface area contributed by atoms with Crippen LogP contribution in [0.25, 0.3) is 0 Å². The number of amides is 1. The second kappa shape index (κ2) is 12.4. The number of amidine groups is 1. The van der Waals surface area contributed by atoms with Gasteiger partial charge in [-0.2, -0.15) is 0 Å². The Morgan fingerprint density at radius 2 is 1.75 bits per heavy atom. The Bertz CT molecular complexity index is 1210. The van der Waals surface area contributed by atoms with Crippen LogP contribution in [0.4, 0.5) is 11.4 Å². The van der Waals surface area contributed by atoms with Crippen molar-refractivity contribution in [3.8, 4) is 5.75 Å². The molecule has 3 aromatic rings. The average molecular weight is 489 g/mol. The highest BCUT2D eigenvalue weighted by Crippen LogP contribution is 2.22. The van der Waals surface area contributed by atoms with Gasteiger partial charge in [0.25, 0.3) is 0 Å². The number of esters is 1. The van der Waals surface area contributed by atoms with Gasteiger partial charge in [-0.05, 0) is 53.4 Å². The van der Waals surface area contributed by atoms with Gasteiger partial charge in [-0.1, -0.05) is 50.2 Å². The Morgan fingerprint density at radius 3 is 2.42 bits per heavy atom. The number of anilines is 2. The van der Waals surface area contributed by atoms with E-state index in [1.807, 2.05) is 53.4 Å². The predicted octanol–water partition coefficient (Wildman–Crippen LogP) is 4.29. The fourth-order valence-corrected chi connectivity index (χ4v) is 3.59. The number of nitrogens with two attached hydrogens (primary N) is 1. The number of carbonyl (C=O) groups excluding carboxylic acids is 2. The molecule has 36 heavy (non-hydrogen) atoms. The first-order valence-electron chi connectivity index (χ1n) is 11.6. The zero-order chi connectivity index (χ0) is 26.1. The Hall–Kier alpha value is -4.33. The first-order valence-corrected chi connectivity index (χ1v) is 11.6. The molecule has 0 aliphatic heterocycles. The molecule has 0 unspecified atom stereocenters. The summed E-state index contributed by atoms with van der Waals surface area (Å²) < 4.78 is 10.1. The molecule has 0 saturated carbocycles. The number of carbonyl (C=O) groups is 2. The van der Waals surface area contributed by atoms with Crippen molar-refractivity contribution < 1.29 is 19.1 Å². The van der Waals surface area contributed by atoms with Crippen molar-refractivity contribution in [2.24, 2.45) is 5.73 Å². The van der Waals surface area contributed by atoms with E-state index in [0.29, 0.717) is 23.8 Å². The number of benzene rings is 3. The normalized spacial score (nSPS) is 10.6. The van der Waals surface area contributed by atoms with Crippen LogP contribution in [0.3, 0.4) is 0 Å². The fourth-order valence-electron chi connectivity index (χ4n) is 3.59. The third-order valence-corrected chi connectivity index (χ3v) is 5.57. The summed E-state index contributed by atoms with van der Waals surface area (Å²) in [4.78, 5) is 26.3. The molecule has 0 atom stereocenters. The maximum Gasteiger partial charge on any atom is 0.343 e. The van der Waals surface area contributed by atoms with E-state index >= 15 is 0 Å². The van der Waals surface area contributed by atoms with Crippen molar-refractivity contribution in [2.45, 2.75) is 26.3 Å². The molecule has 3 aromatic carbocycles. The highest BCUT2D eigenvalue weighted by atomic mass is 16.6. The minimum absolute atomic E-state index is 0.0512. The van der Waals surface area contributed by atoms with Gasteiger partial charge < -0.3 is 25.4 Å². The molecule has 188 valence electrons. The molecule has 0 aliphatic carbocycles. The number of nitrogens with zero attached hydrogens (tertiary/aromatic N) is 1. The first kappa shape index (κ1) is 26.3. The zero-order valence-electron chi connectivity index (χ0n) is 20.8. The van der Waals surface area contributed by atoms with E-state index < -0.39 is 5.97 Å². The Kier molecular flexibility index (Phi) is 9.05. The lowest BCUT2D eigenvalue weighted by atomic mass is 10.0. The molecule has 0 heterocycles. The van der Waals surface area contributed by atoms with E-state index in [1.54, 1.807) is 24.3 Å². The quantitative estimate of drug-likeness (QED) is 0.211. The average Bonchev–Trinajstić information content (AvgIpc) is 2.87. The van der Waals surface area contributed by atoms with Gasteiger partial charge in [0.1, 0.15) is 11.6 Å². The number of methoxy groups -OCH3 is 1. The molecule has 0 bridgehead atoms. The summed E-state index contributed by atoms with van der Waals surface area (Å²) in [5.41, 5.74) is 9.80. The van der Waals surface area contributed by atoms with Gasteiger partial charge in [0.2, 0.25) is 5.91 Å². The first-order chi connectivity index (χ1) is 17.2. The lowest BCUT2D eigenvalue weighted by molar-refractivity contribution is -0.142. The van der Waals surface area contributed by atoms with Crippen LogP contribution in [0.5, 0.6) is 5.75 Å². The number of hydrogen-bond acceptors (Lipinski definition) is 6. The van der Waals surface area contributed by atoms with E-state index in [1.165, 1.54) is 12.7 Å². The summed E-state index contributed by atoms with van der Waals surface area (Å²) in [6.07, 6.45) is 0. The molecule has 8 nitrogen and oxygen atoms in total. The lowest BCUT2D eigenvalue weighted by Crippen LogP contribution is -2.33. The predicted molar refractivity (Wildman–Crippen MR) is 142 cm³/mol. The Labute approximate surface area is 211 Å². The number of nitrogens with one attached hydrogen (secondary N) is 2. The SMILES string of the molecule is COC(=O)COc1cccc(CN(CC(=O)Nc2ccc(C(C)C)cc2)c2cccc(C(=N)N)c2)c1. The van der Waals surface area contributed by atoms with E-state index in [9.17, 15) is 9.59 Å². The van der Waals surface area contributed by atoms with Crippen molar-refractivity contribution in [1.82, 2.24) is 0 Å². The van der Waals surface area contributed by atoms with Gasteiger partial charge >= 0.3 is 5.97 Å². The van der Waals surface area contributed by atoms with E-state index in [2.05, 4.69) is 23.9 Å². The molecule has 0 radical (unpaired) electrons. The van der Waals surface area contributed by atoms with Crippen molar-refractivity contribution >= 4 is 29.1 Å². The maximum atomic E-state index is 13.0. The molecule has 3 rings (SSSR count). The fraction of sp³-hybridized carbons (Fsp3) is 0.250. The third-order valence-electron chi connectivity index (χ3n) is 5.57. The van der Waals surface area contributed by atoms with Crippen LogP contribution in [0, 0.1) is 5.41 Å². The van der Waals surface area contributed by atoms with Gasteiger partial charge in [-0.15, -0.1) is 0 Å². The second-order valence-electron chi connectivity index (χ2n) is 8.66. The summed E-state index contributed by atoms with van der Waals surface area (Å²) in [7, 11) is 1.30. The molecule has 0 aliphatic rings. The second-order valence-corrected chi connectivity index (χ2v) is 8.66. The molecule has 1 amide bonds. The van der Waals surface area contributed by atoms with Crippen LogP contribution in [0.1, 0.15) is 36.5 Å². The highest BCUT2D eigenvalue weighted by Gasteiger charge is 2.15. The van der Waals surface area contributed by atoms with Crippen LogP contribution in [-0.4, -0.2) is 38.0 Å². The van der Waals surface area contributed by atoms with Crippen LogP contribution in [0.15, 0.2) is 72.8 Å². The minimum Gasteiger partial charge on any atom is -0.482 e. The number of nitrogen functional groups attached to an aromatic ring is 1. The molecule has 4 N–H and O–H groups in total. The molecule has 0 spiro atoms. The van der Waals surface area contributed by atoms with Crippen molar-refractivity contribution in [3.63, 3.8) is 0 Å². The van der Waals surface area contributed by atoms with E-state index in [4.69, 9.17) is 15.9 Å². The summed E-state index contributed by atoms with van der Waals surface area (Å²) in [5.74, 6) is 0.223. The van der Waals surface area contributed by atoms with Crippen molar-refractivity contribution in [2.75, 3.05) is 30.5 Å². The van der Waals surface area contributed by atoms with Crippen LogP contribution in [-0.2, 0) is 20.9 Å². The number of ether oxygens (including phenoxy) is 2. The van der Waals surface area contributed by atoms with Crippen LogP contribution in [0.2, 0.25) is 0 Å². The van der Waals surface area contributed by atoms with Crippen molar-refractivity contribution in [3.05, 3.63) is 89.5 Å². The lowest BCUT2D eigenvalue weighted by Gasteiger charge is -2.25. The summed E-state index contributed by atoms with van der Waals surface area (Å²) in [6.45, 7) is 4.51. The van der Waals surface area contributed by atoms with E-state index in [-0.39, 0.29) is 24.9 Å². The topological polar surface area (TPSA) is 118 Å². The summed E-state index contributed by atoms with van der Waals surface area (Å²) in [5, 5.41) is 10.7. The Balaban J connectivity index is 1.80. The third kappa shape index (κ3) is 7.59. The standard InChI is InChI=1S/C28H32N4O4/c1-19(2)21-10-12-23(13-11-21)31-26(33)17-32(24-8-5-7-22(15-24)28(29)30)16-20-6-4-9-25(14-20)36-18-27(34)35-3/h4-15,19H,16-18H2,1-3H3,(H3,29,30)(H,31,33). The highest BCUT2D eigenvalue weighted by molar-refractivity contribution is 5.97. The van der Waals surface area contributed by atoms with Gasteiger partial charge in [-0.3, -0.25) is 10.2 Å². The van der Waals surface area contributed by atoms with Gasteiger partial charge in [0.15, 0.2) is 6.61 Å². The maximum absolute atomic E-state index is 13.0. The van der Waals surface area contributed by atoms with Gasteiger partial charge in [-0.25, -0.2) is 4.79 Å². The largest absolute Gasteiger partial charge is 0.482 e. The van der Waals surface area contributed by atoms with Gasteiger partial charge in [0.05, 0.1) is 13.7 Å². The van der Waals surface area contributed by atoms with Crippen LogP contribution < -0.4 is 20.7 Å².